The Bertz CT molecular complexity index is 568. The first kappa shape index (κ1) is 35.8. The van der Waals surface area contributed by atoms with E-state index in [9.17, 15) is 9.59 Å². The number of rotatable bonds is 22. The van der Waals surface area contributed by atoms with Gasteiger partial charge in [-0.3, -0.25) is 0 Å². The van der Waals surface area contributed by atoms with Gasteiger partial charge in [0.05, 0.1) is 0 Å². The fourth-order valence-electron chi connectivity index (χ4n) is 4.29. The van der Waals surface area contributed by atoms with Crippen LogP contribution >= 0.6 is 0 Å². The Kier molecular flexibility index (Phi) is 17.0. The monoisotopic (exact) mass is 588 g/mol. The summed E-state index contributed by atoms with van der Waals surface area (Å²) >= 11 is 0. The van der Waals surface area contributed by atoms with Crippen LogP contribution in [-0.2, 0) is 25.6 Å². The number of unbranched alkanes of at least 4 members (excludes halogenated alkanes) is 8. The van der Waals surface area contributed by atoms with Crippen LogP contribution in [0.5, 0.6) is 0 Å². The fourth-order valence-corrected chi connectivity index (χ4v) is 28.3. The van der Waals surface area contributed by atoms with E-state index in [-0.39, 0.29) is 0 Å². The molecule has 8 nitrogen and oxygen atoms in total. The highest BCUT2D eigenvalue weighted by molar-refractivity contribution is 7.37. The summed E-state index contributed by atoms with van der Waals surface area (Å²) in [5.41, 5.74) is 0. The summed E-state index contributed by atoms with van der Waals surface area (Å²) in [6.45, 7) is 14.2. The molecule has 212 valence electrons. The molecule has 0 heterocycles. The van der Waals surface area contributed by atoms with Gasteiger partial charge in [0.25, 0.3) is 0 Å². The van der Waals surface area contributed by atoms with E-state index in [0.717, 1.165) is 37.8 Å². The zero-order chi connectivity index (χ0) is 27.2. The lowest BCUT2D eigenvalue weighted by Crippen LogP contribution is -2.68. The molecule has 35 heavy (non-hydrogen) atoms. The molecular weight excluding hydrogens is 533 g/mol. The maximum Gasteiger partial charge on any atom is 0.667 e. The summed E-state index contributed by atoms with van der Waals surface area (Å²) in [5, 5.41) is 0. The van der Waals surface area contributed by atoms with Crippen molar-refractivity contribution in [2.45, 2.75) is 123 Å². The van der Waals surface area contributed by atoms with Gasteiger partial charge in [0.1, 0.15) is 0 Å². The van der Waals surface area contributed by atoms with E-state index < -0.39 is 42.1 Å². The van der Waals surface area contributed by atoms with Crippen molar-refractivity contribution in [2.75, 3.05) is 21.3 Å². The predicted octanol–water partition coefficient (Wildman–Crippen LogP) is 5.84. The first-order valence-electron chi connectivity index (χ1n) is 13.4. The van der Waals surface area contributed by atoms with E-state index in [0.29, 0.717) is 0 Å². The molecule has 2 N–H and O–H groups in total. The van der Waals surface area contributed by atoms with Crippen LogP contribution in [0.25, 0.3) is 0 Å². The van der Waals surface area contributed by atoms with Gasteiger partial charge >= 0.3 is 26.4 Å². The highest BCUT2D eigenvalue weighted by Gasteiger charge is 2.57. The molecule has 0 rings (SSSR count). The van der Waals surface area contributed by atoms with Crippen molar-refractivity contribution in [3.63, 3.8) is 0 Å². The van der Waals surface area contributed by atoms with E-state index in [1.165, 1.54) is 52.7 Å². The van der Waals surface area contributed by atoms with Crippen LogP contribution in [0.4, 0.5) is 0 Å². The van der Waals surface area contributed by atoms with Crippen LogP contribution in [0.2, 0.25) is 44.8 Å². The van der Waals surface area contributed by atoms with Gasteiger partial charge in [0.2, 0.25) is 7.83 Å². The number of hydrogen-bond donors (Lipinski definition) is 2. The molecule has 0 aliphatic carbocycles. The summed E-state index contributed by atoms with van der Waals surface area (Å²) in [7, 11) is -10.9. The van der Waals surface area contributed by atoms with Crippen LogP contribution in [-0.4, -0.2) is 73.0 Å². The second-order valence-electron chi connectivity index (χ2n) is 10.5. The highest BCUT2D eigenvalue weighted by Crippen LogP contribution is 2.34. The molecule has 0 aromatic carbocycles. The second-order valence-corrected chi connectivity index (χ2v) is 32.2. The fraction of sp³-hybridized carbons (Fsp3) is 1.00. The molecule has 0 radical (unpaired) electrons. The van der Waals surface area contributed by atoms with Crippen molar-refractivity contribution < 1.29 is 35.2 Å². The minimum absolute atomic E-state index is 0.844. The Morgan fingerprint density at radius 3 is 1.49 bits per heavy atom. The molecule has 3 unspecified atom stereocenters. The molecule has 0 aromatic rings. The lowest BCUT2D eigenvalue weighted by molar-refractivity contribution is 0.0577. The average molecular weight is 589 g/mol. The molecule has 0 amide bonds. The molecule has 0 aliphatic heterocycles. The largest absolute Gasteiger partial charge is 0.667 e. The maximum absolute atomic E-state index is 11.9. The van der Waals surface area contributed by atoms with Gasteiger partial charge in [0.15, 0.2) is 7.83 Å². The van der Waals surface area contributed by atoms with Gasteiger partial charge in [-0.15, -0.1) is 0 Å². The third-order valence-corrected chi connectivity index (χ3v) is 32.4. The molecule has 0 aliphatic rings. The van der Waals surface area contributed by atoms with Crippen molar-refractivity contribution in [1.82, 2.24) is 0 Å². The van der Waals surface area contributed by atoms with Crippen molar-refractivity contribution in [2.24, 2.45) is 0 Å². The molecule has 0 aromatic heterocycles. The van der Waals surface area contributed by atoms with Gasteiger partial charge in [-0.05, 0) is 38.3 Å². The summed E-state index contributed by atoms with van der Waals surface area (Å²) in [4.78, 5) is 22.4. The van der Waals surface area contributed by atoms with Crippen molar-refractivity contribution >= 4 is 42.1 Å². The third kappa shape index (κ3) is 13.4. The predicted molar refractivity (Wildman–Crippen MR) is 154 cm³/mol. The van der Waals surface area contributed by atoms with Crippen molar-refractivity contribution in [1.29, 1.82) is 0 Å². The zero-order valence-corrected chi connectivity index (χ0v) is 29.3. The Morgan fingerprint density at radius 1 is 0.543 bits per heavy atom. The van der Waals surface area contributed by atoms with Crippen LogP contribution < -0.4 is 0 Å². The van der Waals surface area contributed by atoms with Crippen molar-refractivity contribution in [3.05, 3.63) is 0 Å². The molecule has 0 bridgehead atoms. The van der Waals surface area contributed by atoms with Crippen LogP contribution in [0, 0.1) is 0 Å². The van der Waals surface area contributed by atoms with E-state index in [4.69, 9.17) is 25.6 Å². The van der Waals surface area contributed by atoms with Gasteiger partial charge in [-0.2, -0.15) is 0 Å². The Labute approximate surface area is 221 Å². The van der Waals surface area contributed by atoms with E-state index in [1.54, 1.807) is 7.11 Å². The smallest absolute Gasteiger partial charge is 0.432 e. The summed E-state index contributed by atoms with van der Waals surface area (Å²) < 4.78 is 35.3. The van der Waals surface area contributed by atoms with E-state index in [2.05, 4.69) is 26.9 Å². The third-order valence-electron chi connectivity index (χ3n) is 6.77. The molecule has 0 saturated carbocycles. The summed E-state index contributed by atoms with van der Waals surface area (Å²) in [5.74, 6) is 0. The van der Waals surface area contributed by atoms with Crippen LogP contribution in [0.1, 0.15) is 78.1 Å². The Morgan fingerprint density at radius 2 is 1.00 bits per heavy atom. The molecule has 3 atom stereocenters. The SMILES string of the molecule is CCCCCCCC[Si](C)(O[Si](C)(OC)O[Si](C)(C)O[Si](O)(OC)OC)[Si](C)(O)CCCCCC. The van der Waals surface area contributed by atoms with Gasteiger partial charge in [0, 0.05) is 27.9 Å². The van der Waals surface area contributed by atoms with Gasteiger partial charge in [-0.25, -0.2) is 0 Å². The van der Waals surface area contributed by atoms with Gasteiger partial charge in [-0.1, -0.05) is 78.1 Å². The lowest BCUT2D eigenvalue weighted by atomic mass is 10.1. The Balaban J connectivity index is 5.66. The standard InChI is InChI=1S/C22H56O8Si5/c1-11-13-15-17-18-20-22-33(9,32(8,23)21-19-16-14-12-2)30-34(10,25-3)28-31(6,7)29-35(24,26-4)27-5/h23-24H,11-22H2,1-10H3. The average Bonchev–Trinajstić information content (AvgIpc) is 2.78. The first-order valence-corrected chi connectivity index (χ1v) is 26.4. The van der Waals surface area contributed by atoms with E-state index >= 15 is 0 Å². The quantitative estimate of drug-likeness (QED) is 0.120. The summed E-state index contributed by atoms with van der Waals surface area (Å²) in [6.07, 6.45) is 11.7. The maximum atomic E-state index is 11.9. The normalized spacial score (nSPS) is 18.2. The summed E-state index contributed by atoms with van der Waals surface area (Å²) in [6, 6.07) is 1.75. The molecule has 0 saturated heterocycles. The molecule has 13 heteroatoms. The van der Waals surface area contributed by atoms with Gasteiger partial charge < -0.3 is 35.2 Å². The number of hydrogen-bond acceptors (Lipinski definition) is 8. The second kappa shape index (κ2) is 16.7. The molecule has 0 fully saturated rings. The zero-order valence-electron chi connectivity index (χ0n) is 24.3. The minimum Gasteiger partial charge on any atom is -0.432 e. The van der Waals surface area contributed by atoms with Crippen molar-refractivity contribution in [3.8, 4) is 0 Å². The van der Waals surface area contributed by atoms with Crippen LogP contribution in [0.15, 0.2) is 0 Å². The minimum atomic E-state index is -3.78. The Hall–Kier alpha value is 0.764. The highest BCUT2D eigenvalue weighted by atomic mass is 29.3. The molecule has 0 spiro atoms. The van der Waals surface area contributed by atoms with E-state index in [1.807, 2.05) is 19.6 Å². The van der Waals surface area contributed by atoms with Crippen LogP contribution in [0.3, 0.4) is 0 Å². The molecular formula is C22H56O8Si5. The lowest BCUT2D eigenvalue weighted by Gasteiger charge is -2.45. The first-order chi connectivity index (χ1) is 16.2. The topological polar surface area (TPSA) is 95.8 Å².